The first-order valence-corrected chi connectivity index (χ1v) is 10.1. The number of aromatic nitrogens is 3. The third-order valence-electron chi connectivity index (χ3n) is 5.20. The Hall–Kier alpha value is -2.97. The zero-order valence-electron chi connectivity index (χ0n) is 15.4. The van der Waals surface area contributed by atoms with E-state index in [1.54, 1.807) is 30.6 Å². The molecule has 4 aromatic rings. The van der Waals surface area contributed by atoms with Crippen molar-refractivity contribution >= 4 is 43.3 Å². The van der Waals surface area contributed by atoms with Gasteiger partial charge in [-0.2, -0.15) is 0 Å². The highest BCUT2D eigenvalue weighted by Crippen LogP contribution is 2.26. The van der Waals surface area contributed by atoms with E-state index in [4.69, 9.17) is 4.74 Å². The minimum Gasteiger partial charge on any atom is -0.378 e. The summed E-state index contributed by atoms with van der Waals surface area (Å²) in [6.07, 6.45) is 3.30. The second-order valence-electron chi connectivity index (χ2n) is 6.92. The molecule has 0 radical (unpaired) electrons. The van der Waals surface area contributed by atoms with Crippen LogP contribution in [0.1, 0.15) is 0 Å². The minimum atomic E-state index is -0.494. The molecule has 2 aromatic heterocycles. The Morgan fingerprint density at radius 3 is 2.66 bits per heavy atom. The fourth-order valence-corrected chi connectivity index (χ4v) is 4.10. The molecule has 0 spiro atoms. The van der Waals surface area contributed by atoms with Crippen LogP contribution in [0.25, 0.3) is 27.4 Å². The van der Waals surface area contributed by atoms with E-state index in [2.05, 4.69) is 30.8 Å². The molecule has 0 unspecified atom stereocenters. The molecule has 0 bridgehead atoms. The summed E-state index contributed by atoms with van der Waals surface area (Å²) in [5.74, 6) is 0. The van der Waals surface area contributed by atoms with Crippen molar-refractivity contribution < 1.29 is 4.74 Å². The molecule has 1 saturated heterocycles. The van der Waals surface area contributed by atoms with Crippen LogP contribution in [-0.2, 0) is 4.74 Å². The summed E-state index contributed by atoms with van der Waals surface area (Å²) >= 11 is 3.37. The topological polar surface area (TPSA) is 80.2 Å². The van der Waals surface area contributed by atoms with Gasteiger partial charge in [-0.3, -0.25) is 9.78 Å². The number of benzene rings is 2. The lowest BCUT2D eigenvalue weighted by atomic mass is 10.1. The summed E-state index contributed by atoms with van der Waals surface area (Å²) in [6.45, 7) is 2.97. The van der Waals surface area contributed by atoms with Gasteiger partial charge in [0.1, 0.15) is 0 Å². The van der Waals surface area contributed by atoms with E-state index in [1.165, 1.54) is 0 Å². The first-order valence-electron chi connectivity index (χ1n) is 9.27. The van der Waals surface area contributed by atoms with Gasteiger partial charge in [0.05, 0.1) is 36.0 Å². The lowest BCUT2D eigenvalue weighted by Crippen LogP contribution is -2.36. The minimum absolute atomic E-state index is 0.373. The lowest BCUT2D eigenvalue weighted by molar-refractivity contribution is 0.122. The van der Waals surface area contributed by atoms with Gasteiger partial charge in [-0.1, -0.05) is 22.0 Å². The molecule has 5 rings (SSSR count). The van der Waals surface area contributed by atoms with Crippen LogP contribution in [0, 0.1) is 0 Å². The van der Waals surface area contributed by atoms with Gasteiger partial charge < -0.3 is 14.6 Å². The smallest absolute Gasteiger partial charge is 0.333 e. The number of H-pyrrole nitrogens is 1. The number of morpholine rings is 1. The number of nitrogens with zero attached hydrogens (tertiary/aromatic N) is 3. The number of rotatable bonds is 2. The van der Waals surface area contributed by atoms with Crippen molar-refractivity contribution in [2.45, 2.75) is 0 Å². The van der Waals surface area contributed by atoms with Crippen LogP contribution in [0.2, 0.25) is 0 Å². The number of fused-ring (bicyclic) bond motifs is 2. The van der Waals surface area contributed by atoms with Gasteiger partial charge in [0.2, 0.25) is 0 Å². The molecule has 7 nitrogen and oxygen atoms in total. The van der Waals surface area contributed by atoms with Crippen LogP contribution < -0.4 is 16.1 Å². The Kier molecular flexibility index (Phi) is 4.44. The number of hydrogen-bond donors (Lipinski definition) is 1. The average Bonchev–Trinajstić information content (AvgIpc) is 2.74. The predicted molar refractivity (Wildman–Crippen MR) is 116 cm³/mol. The fourth-order valence-electron chi connectivity index (χ4n) is 3.74. The number of pyridine rings is 1. The van der Waals surface area contributed by atoms with Gasteiger partial charge in [0.25, 0.3) is 5.56 Å². The standard InChI is InChI=1S/C21H17BrN4O3/c22-14-2-4-16-18(9-14)24-21(28)26(20(16)27)19-12-23-11-13-1-3-15(10-17(13)19)25-5-7-29-8-6-25/h1-4,9-12H,5-8H2,(H,24,28). The maximum atomic E-state index is 13.2. The van der Waals surface area contributed by atoms with E-state index >= 15 is 0 Å². The number of halogens is 1. The molecule has 146 valence electrons. The molecular weight excluding hydrogens is 436 g/mol. The van der Waals surface area contributed by atoms with Crippen molar-refractivity contribution in [1.29, 1.82) is 0 Å². The summed E-state index contributed by atoms with van der Waals surface area (Å²) in [5.41, 5.74) is 1.12. The molecule has 2 aromatic carbocycles. The molecule has 0 saturated carbocycles. The SMILES string of the molecule is O=c1[nH]c2cc(Br)ccc2c(=O)n1-c1cncc2ccc(N3CCOCC3)cc12. The maximum Gasteiger partial charge on any atom is 0.333 e. The molecule has 29 heavy (non-hydrogen) atoms. The van der Waals surface area contributed by atoms with Gasteiger partial charge in [0, 0.05) is 40.2 Å². The highest BCUT2D eigenvalue weighted by molar-refractivity contribution is 9.10. The monoisotopic (exact) mass is 452 g/mol. The molecule has 1 aliphatic heterocycles. The van der Waals surface area contributed by atoms with Crippen molar-refractivity contribution in [3.05, 3.63) is 74.1 Å². The molecule has 1 aliphatic rings. The number of nitrogens with one attached hydrogen (secondary N) is 1. The van der Waals surface area contributed by atoms with E-state index in [9.17, 15) is 9.59 Å². The lowest BCUT2D eigenvalue weighted by Gasteiger charge is -2.29. The van der Waals surface area contributed by atoms with E-state index in [1.807, 2.05) is 18.2 Å². The Bertz CT molecular complexity index is 1360. The third kappa shape index (κ3) is 3.14. The normalized spacial score (nSPS) is 14.6. The van der Waals surface area contributed by atoms with E-state index in [0.717, 1.165) is 38.6 Å². The van der Waals surface area contributed by atoms with Crippen molar-refractivity contribution in [1.82, 2.24) is 14.5 Å². The van der Waals surface area contributed by atoms with Gasteiger partial charge >= 0.3 is 5.69 Å². The maximum absolute atomic E-state index is 13.2. The highest BCUT2D eigenvalue weighted by Gasteiger charge is 2.16. The summed E-state index contributed by atoms with van der Waals surface area (Å²) < 4.78 is 7.39. The molecule has 3 heterocycles. The quantitative estimate of drug-likeness (QED) is 0.505. The van der Waals surface area contributed by atoms with Crippen LogP contribution >= 0.6 is 15.9 Å². The second-order valence-corrected chi connectivity index (χ2v) is 7.84. The first-order chi connectivity index (χ1) is 14.1. The molecule has 0 amide bonds. The van der Waals surface area contributed by atoms with Gasteiger partial charge in [0.15, 0.2) is 0 Å². The van der Waals surface area contributed by atoms with Crippen molar-refractivity contribution in [2.75, 3.05) is 31.2 Å². The van der Waals surface area contributed by atoms with E-state index in [-0.39, 0.29) is 5.56 Å². The Morgan fingerprint density at radius 1 is 1.00 bits per heavy atom. The number of anilines is 1. The van der Waals surface area contributed by atoms with Crippen molar-refractivity contribution in [3.63, 3.8) is 0 Å². The van der Waals surface area contributed by atoms with Crippen LogP contribution in [0.4, 0.5) is 5.69 Å². The average molecular weight is 453 g/mol. The summed E-state index contributed by atoms with van der Waals surface area (Å²) in [6, 6.07) is 11.2. The van der Waals surface area contributed by atoms with E-state index < -0.39 is 5.69 Å². The molecule has 8 heteroatoms. The van der Waals surface area contributed by atoms with Gasteiger partial charge in [-0.15, -0.1) is 0 Å². The number of hydrogen-bond acceptors (Lipinski definition) is 5. The highest BCUT2D eigenvalue weighted by atomic mass is 79.9. The first kappa shape index (κ1) is 18.1. The fraction of sp³-hybridized carbons (Fsp3) is 0.190. The second kappa shape index (κ2) is 7.13. The van der Waals surface area contributed by atoms with Gasteiger partial charge in [-0.25, -0.2) is 9.36 Å². The van der Waals surface area contributed by atoms with Crippen LogP contribution in [-0.4, -0.2) is 40.8 Å². The Morgan fingerprint density at radius 2 is 1.83 bits per heavy atom. The number of aromatic amines is 1. The predicted octanol–water partition coefficient (Wildman–Crippen LogP) is 2.83. The largest absolute Gasteiger partial charge is 0.378 e. The van der Waals surface area contributed by atoms with Crippen molar-refractivity contribution in [2.24, 2.45) is 0 Å². The molecule has 1 N–H and O–H groups in total. The van der Waals surface area contributed by atoms with Gasteiger partial charge in [-0.05, 0) is 30.3 Å². The van der Waals surface area contributed by atoms with Crippen LogP contribution in [0.5, 0.6) is 0 Å². The zero-order valence-corrected chi connectivity index (χ0v) is 17.0. The third-order valence-corrected chi connectivity index (χ3v) is 5.69. The number of ether oxygens (including phenoxy) is 1. The molecule has 0 atom stereocenters. The van der Waals surface area contributed by atoms with E-state index in [0.29, 0.717) is 29.8 Å². The Labute approximate surface area is 173 Å². The molecular formula is C21H17BrN4O3. The van der Waals surface area contributed by atoms with Crippen molar-refractivity contribution in [3.8, 4) is 5.69 Å². The Balaban J connectivity index is 1.75. The van der Waals surface area contributed by atoms with Crippen LogP contribution in [0.3, 0.4) is 0 Å². The molecule has 0 aliphatic carbocycles. The summed E-state index contributed by atoms with van der Waals surface area (Å²) in [5, 5.41) is 2.10. The summed E-state index contributed by atoms with van der Waals surface area (Å²) in [7, 11) is 0. The zero-order chi connectivity index (χ0) is 20.0. The molecule has 1 fully saturated rings. The van der Waals surface area contributed by atoms with Crippen LogP contribution in [0.15, 0.2) is 62.9 Å². The summed E-state index contributed by atoms with van der Waals surface area (Å²) in [4.78, 5) is 35.3.